The minimum absolute atomic E-state index is 0.315. The molecule has 0 unspecified atom stereocenters. The van der Waals surface area contributed by atoms with Crippen LogP contribution in [0.2, 0.25) is 0 Å². The van der Waals surface area contributed by atoms with Gasteiger partial charge in [-0.3, -0.25) is 4.31 Å². The molecule has 0 heterocycles. The van der Waals surface area contributed by atoms with Crippen LogP contribution >= 0.6 is 15.9 Å². The maximum absolute atomic E-state index is 12.8. The number of halogens is 1. The number of nitrogens with zero attached hydrogens (tertiary/aromatic N) is 1. The minimum Gasteiger partial charge on any atom is -0.267 e. The van der Waals surface area contributed by atoms with E-state index in [-0.39, 0.29) is 0 Å². The molecule has 0 spiro atoms. The molecule has 2 aromatic rings. The molecule has 0 saturated heterocycles. The number of sulfonamides is 1. The van der Waals surface area contributed by atoms with E-state index in [0.717, 1.165) is 11.1 Å². The lowest BCUT2D eigenvalue weighted by molar-refractivity contribution is 0.592. The molecule has 0 amide bonds. The second kappa shape index (κ2) is 6.62. The van der Waals surface area contributed by atoms with Crippen molar-refractivity contribution in [2.75, 3.05) is 10.8 Å². The topological polar surface area (TPSA) is 37.4 Å². The van der Waals surface area contributed by atoms with Crippen LogP contribution in [0.15, 0.2) is 53.4 Å². The maximum atomic E-state index is 12.8. The molecule has 0 atom stereocenters. The van der Waals surface area contributed by atoms with Crippen molar-refractivity contribution in [3.8, 4) is 0 Å². The fourth-order valence-electron chi connectivity index (χ4n) is 2.15. The second-order valence-corrected chi connectivity index (χ2v) is 7.21. The van der Waals surface area contributed by atoms with Crippen molar-refractivity contribution in [1.29, 1.82) is 0 Å². The SMILES string of the molecule is CCN(c1cccc(C)c1)S(=O)(=O)c1ccc(CBr)cc1. The zero-order valence-electron chi connectivity index (χ0n) is 12.1. The Bertz CT molecular complexity index is 711. The van der Waals surface area contributed by atoms with Crippen molar-refractivity contribution in [1.82, 2.24) is 0 Å². The number of alkyl halides is 1. The molecular formula is C16H18BrNO2S. The van der Waals surface area contributed by atoms with Gasteiger partial charge in [0, 0.05) is 11.9 Å². The third-order valence-corrected chi connectivity index (χ3v) is 5.81. The lowest BCUT2D eigenvalue weighted by Gasteiger charge is -2.23. The van der Waals surface area contributed by atoms with Gasteiger partial charge in [-0.25, -0.2) is 8.42 Å². The third-order valence-electron chi connectivity index (χ3n) is 3.24. The summed E-state index contributed by atoms with van der Waals surface area (Å²) < 4.78 is 27.0. The molecule has 0 aliphatic rings. The first-order chi connectivity index (χ1) is 9.98. The van der Waals surface area contributed by atoms with Crippen LogP contribution in [0, 0.1) is 6.92 Å². The molecule has 21 heavy (non-hydrogen) atoms. The Labute approximate surface area is 134 Å². The lowest BCUT2D eigenvalue weighted by Crippen LogP contribution is -2.30. The van der Waals surface area contributed by atoms with Crippen molar-refractivity contribution in [2.45, 2.75) is 24.1 Å². The quantitative estimate of drug-likeness (QED) is 0.745. The average molecular weight is 368 g/mol. The molecule has 5 heteroatoms. The first kappa shape index (κ1) is 16.0. The largest absolute Gasteiger partial charge is 0.267 e. The highest BCUT2D eigenvalue weighted by atomic mass is 79.9. The van der Waals surface area contributed by atoms with E-state index in [1.165, 1.54) is 4.31 Å². The normalized spacial score (nSPS) is 11.4. The Kier molecular flexibility index (Phi) is 5.06. The van der Waals surface area contributed by atoms with Gasteiger partial charge < -0.3 is 0 Å². The van der Waals surface area contributed by atoms with E-state index in [2.05, 4.69) is 15.9 Å². The number of rotatable bonds is 5. The van der Waals surface area contributed by atoms with Gasteiger partial charge in [-0.2, -0.15) is 0 Å². The van der Waals surface area contributed by atoms with Crippen LogP contribution < -0.4 is 4.31 Å². The van der Waals surface area contributed by atoms with E-state index in [1.54, 1.807) is 12.1 Å². The number of aryl methyl sites for hydroxylation is 1. The van der Waals surface area contributed by atoms with Crippen LogP contribution in [0.3, 0.4) is 0 Å². The Morgan fingerprint density at radius 1 is 1.10 bits per heavy atom. The number of hydrogen-bond acceptors (Lipinski definition) is 2. The number of benzene rings is 2. The summed E-state index contributed by atoms with van der Waals surface area (Å²) in [5, 5.41) is 0.711. The third kappa shape index (κ3) is 3.47. The van der Waals surface area contributed by atoms with Gasteiger partial charge in [-0.15, -0.1) is 0 Å². The number of anilines is 1. The molecule has 0 aliphatic carbocycles. The molecule has 0 radical (unpaired) electrons. The molecule has 0 N–H and O–H groups in total. The fourth-order valence-corrected chi connectivity index (χ4v) is 3.99. The van der Waals surface area contributed by atoms with Crippen LogP contribution in [0.4, 0.5) is 5.69 Å². The van der Waals surface area contributed by atoms with E-state index in [9.17, 15) is 8.42 Å². The molecule has 0 bridgehead atoms. The summed E-state index contributed by atoms with van der Waals surface area (Å²) in [6, 6.07) is 14.5. The van der Waals surface area contributed by atoms with E-state index in [0.29, 0.717) is 22.5 Å². The molecule has 0 fully saturated rings. The van der Waals surface area contributed by atoms with Crippen LogP contribution in [-0.2, 0) is 15.4 Å². The van der Waals surface area contributed by atoms with Crippen LogP contribution in [-0.4, -0.2) is 15.0 Å². The van der Waals surface area contributed by atoms with Gasteiger partial charge in [0.15, 0.2) is 0 Å². The molecule has 0 aromatic heterocycles. The van der Waals surface area contributed by atoms with Crippen LogP contribution in [0.5, 0.6) is 0 Å². The monoisotopic (exact) mass is 367 g/mol. The molecule has 3 nitrogen and oxygen atoms in total. The summed E-state index contributed by atoms with van der Waals surface area (Å²) in [5.41, 5.74) is 2.78. The van der Waals surface area contributed by atoms with Crippen molar-refractivity contribution < 1.29 is 8.42 Å². The predicted molar refractivity (Wildman–Crippen MR) is 90.5 cm³/mol. The summed E-state index contributed by atoms with van der Waals surface area (Å²) in [6.45, 7) is 4.19. The molecule has 0 aliphatic heterocycles. The van der Waals surface area contributed by atoms with Crippen molar-refractivity contribution in [3.05, 3.63) is 59.7 Å². The van der Waals surface area contributed by atoms with Gasteiger partial charge in [0.05, 0.1) is 10.6 Å². The second-order valence-electron chi connectivity index (χ2n) is 4.79. The predicted octanol–water partition coefficient (Wildman–Crippen LogP) is 4.11. The van der Waals surface area contributed by atoms with Crippen molar-refractivity contribution in [3.63, 3.8) is 0 Å². The Hall–Kier alpha value is -1.33. The number of hydrogen-bond donors (Lipinski definition) is 0. The fraction of sp³-hybridized carbons (Fsp3) is 0.250. The summed E-state index contributed by atoms with van der Waals surface area (Å²) in [6.07, 6.45) is 0. The van der Waals surface area contributed by atoms with E-state index >= 15 is 0 Å². The van der Waals surface area contributed by atoms with Crippen molar-refractivity contribution in [2.24, 2.45) is 0 Å². The van der Waals surface area contributed by atoms with Gasteiger partial charge in [0.2, 0.25) is 0 Å². The minimum atomic E-state index is -3.53. The van der Waals surface area contributed by atoms with Gasteiger partial charge in [-0.05, 0) is 49.2 Å². The standard InChI is InChI=1S/C16H18BrNO2S/c1-3-18(15-6-4-5-13(2)11-15)21(19,20)16-9-7-14(12-17)8-10-16/h4-11H,3,12H2,1-2H3. The molecule has 2 rings (SSSR count). The van der Waals surface area contributed by atoms with E-state index in [4.69, 9.17) is 0 Å². The van der Waals surface area contributed by atoms with Gasteiger partial charge in [-0.1, -0.05) is 40.2 Å². The van der Waals surface area contributed by atoms with Gasteiger partial charge >= 0.3 is 0 Å². The summed E-state index contributed by atoms with van der Waals surface area (Å²) in [4.78, 5) is 0.315. The Morgan fingerprint density at radius 2 is 1.76 bits per heavy atom. The molecule has 112 valence electrons. The lowest BCUT2D eigenvalue weighted by atomic mass is 10.2. The van der Waals surface area contributed by atoms with E-state index in [1.807, 2.05) is 50.2 Å². The molecule has 2 aromatic carbocycles. The highest BCUT2D eigenvalue weighted by molar-refractivity contribution is 9.08. The Morgan fingerprint density at radius 3 is 2.29 bits per heavy atom. The van der Waals surface area contributed by atoms with Crippen LogP contribution in [0.1, 0.15) is 18.1 Å². The average Bonchev–Trinajstić information content (AvgIpc) is 2.48. The smallest absolute Gasteiger partial charge is 0.264 e. The van der Waals surface area contributed by atoms with Crippen molar-refractivity contribution >= 4 is 31.6 Å². The molecule has 0 saturated carbocycles. The highest BCUT2D eigenvalue weighted by Gasteiger charge is 2.23. The summed E-state index contributed by atoms with van der Waals surface area (Å²) >= 11 is 3.36. The van der Waals surface area contributed by atoms with Crippen LogP contribution in [0.25, 0.3) is 0 Å². The molecular weight excluding hydrogens is 350 g/mol. The first-order valence-corrected chi connectivity index (χ1v) is 9.29. The Balaban J connectivity index is 2.44. The van der Waals surface area contributed by atoms with Gasteiger partial charge in [0.1, 0.15) is 0 Å². The van der Waals surface area contributed by atoms with E-state index < -0.39 is 10.0 Å². The summed E-state index contributed by atoms with van der Waals surface area (Å²) in [5.74, 6) is 0. The maximum Gasteiger partial charge on any atom is 0.264 e. The highest BCUT2D eigenvalue weighted by Crippen LogP contribution is 2.24. The first-order valence-electron chi connectivity index (χ1n) is 6.73. The zero-order valence-corrected chi connectivity index (χ0v) is 14.5. The zero-order chi connectivity index (χ0) is 15.5. The summed E-state index contributed by atoms with van der Waals surface area (Å²) in [7, 11) is -3.53. The van der Waals surface area contributed by atoms with Gasteiger partial charge in [0.25, 0.3) is 10.0 Å².